The van der Waals surface area contributed by atoms with E-state index >= 15 is 0 Å². The van der Waals surface area contributed by atoms with Gasteiger partial charge in [0, 0.05) is 4.75 Å². The van der Waals surface area contributed by atoms with Crippen LogP contribution in [-0.4, -0.2) is 21.9 Å². The van der Waals surface area contributed by atoms with Gasteiger partial charge in [-0.1, -0.05) is 12.1 Å². The van der Waals surface area contributed by atoms with Gasteiger partial charge in [0.15, 0.2) is 5.43 Å². The number of carbonyl (C=O) groups is 1. The summed E-state index contributed by atoms with van der Waals surface area (Å²) < 4.78 is 4.99. The fraction of sp³-hybridized carbons (Fsp3) is 0.333. The molecule has 0 amide bonds. The zero-order valence-electron chi connectivity index (χ0n) is 11.6. The number of rotatable bonds is 2. The summed E-state index contributed by atoms with van der Waals surface area (Å²) in [4.78, 5) is 23.9. The lowest BCUT2D eigenvalue weighted by Gasteiger charge is -2.20. The van der Waals surface area contributed by atoms with Crippen LogP contribution in [0.3, 0.4) is 0 Å². The average Bonchev–Trinajstić information content (AvgIpc) is 2.75. The van der Waals surface area contributed by atoms with Crippen LogP contribution in [-0.2, 0) is 4.79 Å². The molecule has 1 aliphatic heterocycles. The van der Waals surface area contributed by atoms with Gasteiger partial charge in [0.1, 0.15) is 17.9 Å². The molecule has 1 aliphatic rings. The van der Waals surface area contributed by atoms with Gasteiger partial charge in [-0.25, -0.2) is 0 Å². The van der Waals surface area contributed by atoms with Gasteiger partial charge < -0.3 is 9.52 Å². The van der Waals surface area contributed by atoms with Crippen LogP contribution >= 0.6 is 11.8 Å². The molecule has 2 N–H and O–H groups in total. The van der Waals surface area contributed by atoms with Gasteiger partial charge in [0.2, 0.25) is 0 Å². The predicted octanol–water partition coefficient (Wildman–Crippen LogP) is 2.36. The maximum Gasteiger partial charge on any atom is 0.322 e. The molecule has 6 heteroatoms. The normalized spacial score (nSPS) is 24.3. The van der Waals surface area contributed by atoms with Gasteiger partial charge in [0.25, 0.3) is 0 Å². The van der Waals surface area contributed by atoms with Crippen molar-refractivity contribution in [3.63, 3.8) is 0 Å². The molecule has 3 rings (SSSR count). The van der Waals surface area contributed by atoms with Crippen LogP contribution in [0.5, 0.6) is 0 Å². The van der Waals surface area contributed by atoms with Crippen molar-refractivity contribution in [3.05, 3.63) is 46.3 Å². The first kappa shape index (κ1) is 14.2. The number of hydrogen-bond acceptors (Lipinski definition) is 5. The van der Waals surface area contributed by atoms with Crippen LogP contribution < -0.4 is 10.7 Å². The third kappa shape index (κ3) is 2.34. The van der Waals surface area contributed by atoms with Crippen molar-refractivity contribution in [2.75, 3.05) is 0 Å². The highest BCUT2D eigenvalue weighted by molar-refractivity contribution is 8.01. The fourth-order valence-corrected chi connectivity index (χ4v) is 3.96. The third-order valence-electron chi connectivity index (χ3n) is 3.67. The number of aliphatic carboxylic acids is 1. The van der Waals surface area contributed by atoms with E-state index in [1.165, 1.54) is 18.0 Å². The molecule has 110 valence electrons. The Labute approximate surface area is 125 Å². The Morgan fingerprint density at radius 1 is 1.38 bits per heavy atom. The van der Waals surface area contributed by atoms with Gasteiger partial charge in [-0.15, -0.1) is 11.8 Å². The summed E-state index contributed by atoms with van der Waals surface area (Å²) in [6, 6.07) is 6.32. The molecule has 1 aromatic heterocycles. The summed E-state index contributed by atoms with van der Waals surface area (Å²) in [5, 5.41) is 12.4. The molecule has 5 nitrogen and oxygen atoms in total. The summed E-state index contributed by atoms with van der Waals surface area (Å²) in [7, 11) is 0. The van der Waals surface area contributed by atoms with Crippen LogP contribution in [0.15, 0.2) is 39.7 Å². The average molecular weight is 305 g/mol. The Morgan fingerprint density at radius 3 is 2.76 bits per heavy atom. The van der Waals surface area contributed by atoms with Crippen molar-refractivity contribution in [3.8, 4) is 0 Å². The van der Waals surface area contributed by atoms with Crippen LogP contribution in [0, 0.1) is 0 Å². The van der Waals surface area contributed by atoms with Crippen LogP contribution in [0.2, 0.25) is 0 Å². The minimum atomic E-state index is -0.917. The van der Waals surface area contributed by atoms with E-state index in [0.717, 1.165) is 0 Å². The summed E-state index contributed by atoms with van der Waals surface area (Å²) >= 11 is 1.43. The highest BCUT2D eigenvalue weighted by Gasteiger charge is 2.46. The summed E-state index contributed by atoms with van der Waals surface area (Å²) in [6.07, 6.45) is 1.43. The molecule has 0 radical (unpaired) electrons. The van der Waals surface area contributed by atoms with Crippen molar-refractivity contribution in [1.82, 2.24) is 5.32 Å². The van der Waals surface area contributed by atoms with Crippen molar-refractivity contribution in [2.45, 2.75) is 30.0 Å². The quantitative estimate of drug-likeness (QED) is 0.886. The first-order valence-corrected chi connectivity index (χ1v) is 7.45. The first-order valence-electron chi connectivity index (χ1n) is 6.57. The number of carboxylic acid groups (broad SMARTS) is 1. The summed E-state index contributed by atoms with van der Waals surface area (Å²) in [6.45, 7) is 3.71. The minimum Gasteiger partial charge on any atom is -0.480 e. The van der Waals surface area contributed by atoms with Gasteiger partial charge in [-0.3, -0.25) is 14.9 Å². The van der Waals surface area contributed by atoms with E-state index in [1.54, 1.807) is 24.3 Å². The number of thioether (sulfide) groups is 1. The zero-order chi connectivity index (χ0) is 15.2. The highest BCUT2D eigenvalue weighted by atomic mass is 32.2. The fourth-order valence-electron chi connectivity index (χ4n) is 2.55. The van der Waals surface area contributed by atoms with Gasteiger partial charge in [-0.2, -0.15) is 0 Å². The Bertz CT molecular complexity index is 768. The molecule has 0 bridgehead atoms. The Morgan fingerprint density at radius 2 is 2.10 bits per heavy atom. The standard InChI is InChI=1S/C15H15NO4S/c1-15(2)12(14(18)19)16-13(21-15)9-7-20-10-6-4-3-5-8(10)11(9)17/h3-7,12-13,16H,1-2H3,(H,18,19). The van der Waals surface area contributed by atoms with Crippen molar-refractivity contribution < 1.29 is 14.3 Å². The smallest absolute Gasteiger partial charge is 0.322 e. The molecule has 1 fully saturated rings. The van der Waals surface area contributed by atoms with Crippen molar-refractivity contribution in [2.24, 2.45) is 0 Å². The lowest BCUT2D eigenvalue weighted by molar-refractivity contribution is -0.139. The second kappa shape index (κ2) is 4.89. The second-order valence-corrected chi connectivity index (χ2v) is 7.31. The zero-order valence-corrected chi connectivity index (χ0v) is 12.4. The van der Waals surface area contributed by atoms with E-state index in [-0.39, 0.29) is 10.8 Å². The molecule has 0 aliphatic carbocycles. The topological polar surface area (TPSA) is 79.5 Å². The maximum atomic E-state index is 12.5. The lowest BCUT2D eigenvalue weighted by atomic mass is 10.0. The predicted molar refractivity (Wildman–Crippen MR) is 81.5 cm³/mol. The van der Waals surface area contributed by atoms with E-state index in [1.807, 2.05) is 13.8 Å². The van der Waals surface area contributed by atoms with Crippen LogP contribution in [0.4, 0.5) is 0 Å². The van der Waals surface area contributed by atoms with Crippen molar-refractivity contribution in [1.29, 1.82) is 0 Å². The monoisotopic (exact) mass is 305 g/mol. The molecule has 1 saturated heterocycles. The maximum absolute atomic E-state index is 12.5. The Hall–Kier alpha value is -1.79. The third-order valence-corrected chi connectivity index (χ3v) is 5.14. The minimum absolute atomic E-state index is 0.122. The van der Waals surface area contributed by atoms with E-state index < -0.39 is 16.8 Å². The van der Waals surface area contributed by atoms with Gasteiger partial charge in [-0.05, 0) is 26.0 Å². The second-order valence-electron chi connectivity index (χ2n) is 5.56. The van der Waals surface area contributed by atoms with E-state index in [9.17, 15) is 14.7 Å². The molecule has 0 saturated carbocycles. The molecule has 2 heterocycles. The van der Waals surface area contributed by atoms with Crippen LogP contribution in [0.1, 0.15) is 24.8 Å². The number of para-hydroxylation sites is 1. The molecular formula is C15H15NO4S. The largest absolute Gasteiger partial charge is 0.480 e. The molecule has 21 heavy (non-hydrogen) atoms. The van der Waals surface area contributed by atoms with E-state index in [2.05, 4.69) is 5.32 Å². The molecule has 2 aromatic rings. The number of nitrogens with one attached hydrogen (secondary N) is 1. The van der Waals surface area contributed by atoms with Gasteiger partial charge in [0.05, 0.1) is 16.3 Å². The lowest BCUT2D eigenvalue weighted by Crippen LogP contribution is -2.43. The van der Waals surface area contributed by atoms with E-state index in [4.69, 9.17) is 4.42 Å². The summed E-state index contributed by atoms with van der Waals surface area (Å²) in [5.41, 5.74) is 0.863. The Kier molecular flexibility index (Phi) is 3.30. The SMILES string of the molecule is CC1(C)SC(c2coc3ccccc3c2=O)NC1C(=O)O. The Balaban J connectivity index is 2.05. The number of fused-ring (bicyclic) bond motifs is 1. The first-order chi connectivity index (χ1) is 9.90. The van der Waals surface area contributed by atoms with E-state index in [0.29, 0.717) is 16.5 Å². The summed E-state index contributed by atoms with van der Waals surface area (Å²) in [5.74, 6) is -0.917. The number of benzene rings is 1. The van der Waals surface area contributed by atoms with Gasteiger partial charge >= 0.3 is 5.97 Å². The van der Waals surface area contributed by atoms with Crippen LogP contribution in [0.25, 0.3) is 11.0 Å². The molecule has 2 unspecified atom stereocenters. The molecular weight excluding hydrogens is 290 g/mol. The number of hydrogen-bond donors (Lipinski definition) is 2. The number of carboxylic acids is 1. The van der Waals surface area contributed by atoms with Crippen molar-refractivity contribution >= 4 is 28.7 Å². The highest BCUT2D eigenvalue weighted by Crippen LogP contribution is 2.45. The molecule has 2 atom stereocenters. The molecule has 0 spiro atoms. The molecule has 1 aromatic carbocycles.